The van der Waals surface area contributed by atoms with Crippen LogP contribution in [0.15, 0.2) is 47.4 Å². The molecule has 1 amide bonds. The summed E-state index contributed by atoms with van der Waals surface area (Å²) >= 11 is 0. The van der Waals surface area contributed by atoms with Crippen molar-refractivity contribution in [2.24, 2.45) is 0 Å². The Morgan fingerprint density at radius 2 is 1.28 bits per heavy atom. The molecule has 0 heterocycles. The highest BCUT2D eigenvalue weighted by molar-refractivity contribution is 7.84. The van der Waals surface area contributed by atoms with Crippen LogP contribution in [0.2, 0.25) is 0 Å². The van der Waals surface area contributed by atoms with Gasteiger partial charge in [-0.25, -0.2) is 4.79 Å². The lowest BCUT2D eigenvalue weighted by atomic mass is 10.0. The molecule has 240 valence electrons. The fraction of sp³-hybridized carbons (Fsp3) is 0.611. The fourth-order valence-electron chi connectivity index (χ4n) is 5.20. The number of carbonyl (C=O) groups excluding carboxylic acids is 2. The molecule has 1 unspecified atom stereocenters. The second-order valence-electron chi connectivity index (χ2n) is 11.5. The minimum absolute atomic E-state index is 0.162. The van der Waals surface area contributed by atoms with E-state index in [1.807, 2.05) is 24.3 Å². The van der Waals surface area contributed by atoms with Crippen LogP contribution in [0.1, 0.15) is 132 Å². The minimum Gasteiger partial charge on any atom is -0.494 e. The van der Waals surface area contributed by atoms with E-state index in [1.54, 1.807) is 12.1 Å². The van der Waals surface area contributed by atoms with Gasteiger partial charge in [-0.1, -0.05) is 115 Å². The Morgan fingerprint density at radius 1 is 0.744 bits per heavy atom. The van der Waals surface area contributed by atoms with Crippen molar-refractivity contribution >= 4 is 28.4 Å². The summed E-state index contributed by atoms with van der Waals surface area (Å²) in [6.07, 6.45) is 24.1. The van der Waals surface area contributed by atoms with Crippen LogP contribution < -0.4 is 10.1 Å². The first-order chi connectivity index (χ1) is 20.9. The largest absolute Gasteiger partial charge is 0.494 e. The number of amides is 1. The monoisotopic (exact) mass is 613 g/mol. The molecule has 2 aromatic carbocycles. The summed E-state index contributed by atoms with van der Waals surface area (Å²) < 4.78 is 22.6. The molecule has 0 aliphatic carbocycles. The Bertz CT molecular complexity index is 1090. The second-order valence-corrected chi connectivity index (χ2v) is 12.8. The standard InChI is InChI=1S/C36H55NO5S/c1-4-5-6-7-8-9-10-11-12-13-14-15-16-17-18-19-28-42-32-24-20-30(21-25-32)22-27-35(38)37-31-23-26-34(43(3)40)33(29-31)36(39)41-2/h20-21,23-26,29H,4-19,22,27-28H2,1-3H3,(H,37,38). The van der Waals surface area contributed by atoms with Crippen molar-refractivity contribution in [2.45, 2.75) is 127 Å². The molecular formula is C36H55NO5S. The van der Waals surface area contributed by atoms with Gasteiger partial charge in [0.2, 0.25) is 5.91 Å². The zero-order chi connectivity index (χ0) is 31.1. The molecule has 7 heteroatoms. The highest BCUT2D eigenvalue weighted by atomic mass is 32.2. The summed E-state index contributed by atoms with van der Waals surface area (Å²) in [6, 6.07) is 12.7. The number of hydrogen-bond acceptors (Lipinski definition) is 5. The Labute approximate surface area is 263 Å². The van der Waals surface area contributed by atoms with E-state index >= 15 is 0 Å². The third-order valence-corrected chi connectivity index (χ3v) is 8.78. The van der Waals surface area contributed by atoms with E-state index in [-0.39, 0.29) is 11.5 Å². The molecule has 0 saturated carbocycles. The minimum atomic E-state index is -1.35. The van der Waals surface area contributed by atoms with E-state index in [1.165, 1.54) is 116 Å². The third kappa shape index (κ3) is 16.1. The topological polar surface area (TPSA) is 81.7 Å². The molecule has 2 rings (SSSR count). The number of hydrogen-bond donors (Lipinski definition) is 1. The molecule has 0 aliphatic rings. The Kier molecular flexibility index (Phi) is 19.4. The van der Waals surface area contributed by atoms with Crippen LogP contribution in [0.5, 0.6) is 5.75 Å². The van der Waals surface area contributed by atoms with E-state index < -0.39 is 16.8 Å². The maximum atomic E-state index is 12.5. The van der Waals surface area contributed by atoms with Crippen LogP contribution >= 0.6 is 0 Å². The van der Waals surface area contributed by atoms with Crippen molar-refractivity contribution in [1.29, 1.82) is 0 Å². The number of carbonyl (C=O) groups is 2. The van der Waals surface area contributed by atoms with Gasteiger partial charge in [0.15, 0.2) is 0 Å². The normalized spacial score (nSPS) is 11.7. The molecule has 1 N–H and O–H groups in total. The van der Waals surface area contributed by atoms with Gasteiger partial charge in [-0.05, 0) is 48.7 Å². The van der Waals surface area contributed by atoms with E-state index in [9.17, 15) is 13.8 Å². The van der Waals surface area contributed by atoms with E-state index in [0.29, 0.717) is 23.4 Å². The summed E-state index contributed by atoms with van der Waals surface area (Å²) in [6.45, 7) is 3.01. The lowest BCUT2D eigenvalue weighted by Crippen LogP contribution is -2.14. The van der Waals surface area contributed by atoms with Gasteiger partial charge < -0.3 is 14.8 Å². The second kappa shape index (κ2) is 22.8. The van der Waals surface area contributed by atoms with Crippen LogP contribution in [0.25, 0.3) is 0 Å². The summed E-state index contributed by atoms with van der Waals surface area (Å²) in [5.74, 6) is 0.112. The van der Waals surface area contributed by atoms with Crippen LogP contribution in [0.4, 0.5) is 5.69 Å². The SMILES string of the molecule is CCCCCCCCCCCCCCCCCCOc1ccc(CCC(=O)Nc2ccc(S(C)=O)c(C(=O)OC)c2)cc1. The third-order valence-electron chi connectivity index (χ3n) is 7.81. The lowest BCUT2D eigenvalue weighted by Gasteiger charge is -2.10. The van der Waals surface area contributed by atoms with Gasteiger partial charge in [-0.2, -0.15) is 0 Å². The number of ether oxygens (including phenoxy) is 2. The molecule has 0 aromatic heterocycles. The Morgan fingerprint density at radius 3 is 1.79 bits per heavy atom. The van der Waals surface area contributed by atoms with Gasteiger partial charge in [0, 0.05) is 18.4 Å². The average molecular weight is 614 g/mol. The summed E-state index contributed by atoms with van der Waals surface area (Å²) in [5.41, 5.74) is 1.71. The molecule has 1 atom stereocenters. The first kappa shape index (κ1) is 36.5. The molecule has 0 saturated heterocycles. The predicted molar refractivity (Wildman–Crippen MR) is 179 cm³/mol. The smallest absolute Gasteiger partial charge is 0.339 e. The number of methoxy groups -OCH3 is 1. The van der Waals surface area contributed by atoms with Crippen LogP contribution in [-0.2, 0) is 26.8 Å². The Hall–Kier alpha value is -2.67. The van der Waals surface area contributed by atoms with Gasteiger partial charge in [0.1, 0.15) is 5.75 Å². The first-order valence-corrected chi connectivity index (χ1v) is 18.1. The number of nitrogens with one attached hydrogen (secondary N) is 1. The quantitative estimate of drug-likeness (QED) is 0.0942. The number of aryl methyl sites for hydroxylation is 1. The van der Waals surface area contributed by atoms with Crippen LogP contribution in [-0.4, -0.2) is 36.1 Å². The zero-order valence-electron chi connectivity index (χ0n) is 26.9. The molecule has 6 nitrogen and oxygen atoms in total. The number of benzene rings is 2. The summed E-state index contributed by atoms with van der Waals surface area (Å²) in [5, 5.41) is 2.81. The van der Waals surface area contributed by atoms with Gasteiger partial charge in [-0.3, -0.25) is 9.00 Å². The number of esters is 1. The highest BCUT2D eigenvalue weighted by Crippen LogP contribution is 2.21. The van der Waals surface area contributed by atoms with Crippen LogP contribution in [0, 0.1) is 0 Å². The van der Waals surface area contributed by atoms with Crippen molar-refractivity contribution in [1.82, 2.24) is 0 Å². The molecule has 43 heavy (non-hydrogen) atoms. The van der Waals surface area contributed by atoms with Crippen molar-refractivity contribution in [3.63, 3.8) is 0 Å². The van der Waals surface area contributed by atoms with E-state index in [0.717, 1.165) is 24.3 Å². The molecule has 0 fully saturated rings. The summed E-state index contributed by atoms with van der Waals surface area (Å²) in [4.78, 5) is 24.9. The number of rotatable bonds is 24. The van der Waals surface area contributed by atoms with Gasteiger partial charge in [0.25, 0.3) is 0 Å². The summed E-state index contributed by atoms with van der Waals surface area (Å²) in [7, 11) is -0.0746. The molecule has 0 bridgehead atoms. The Balaban J connectivity index is 1.51. The number of unbranched alkanes of at least 4 members (excludes halogenated alkanes) is 15. The van der Waals surface area contributed by atoms with Gasteiger partial charge in [-0.15, -0.1) is 0 Å². The maximum absolute atomic E-state index is 12.5. The maximum Gasteiger partial charge on any atom is 0.339 e. The highest BCUT2D eigenvalue weighted by Gasteiger charge is 2.16. The molecule has 0 aliphatic heterocycles. The van der Waals surface area contributed by atoms with Gasteiger partial charge in [0.05, 0.1) is 35.0 Å². The van der Waals surface area contributed by atoms with Crippen molar-refractivity contribution in [3.8, 4) is 5.75 Å². The predicted octanol–water partition coefficient (Wildman–Crippen LogP) is 9.42. The van der Waals surface area contributed by atoms with Gasteiger partial charge >= 0.3 is 5.97 Å². The molecular weight excluding hydrogens is 558 g/mol. The van der Waals surface area contributed by atoms with Crippen molar-refractivity contribution in [2.75, 3.05) is 25.3 Å². The van der Waals surface area contributed by atoms with Crippen molar-refractivity contribution < 1.29 is 23.3 Å². The average Bonchev–Trinajstić information content (AvgIpc) is 3.01. The fourth-order valence-corrected chi connectivity index (χ4v) is 5.91. The molecule has 2 aromatic rings. The van der Waals surface area contributed by atoms with Crippen molar-refractivity contribution in [3.05, 3.63) is 53.6 Å². The first-order valence-electron chi connectivity index (χ1n) is 16.5. The van der Waals surface area contributed by atoms with Crippen LogP contribution in [0.3, 0.4) is 0 Å². The van der Waals surface area contributed by atoms with E-state index in [2.05, 4.69) is 12.2 Å². The number of anilines is 1. The molecule has 0 radical (unpaired) electrons. The zero-order valence-corrected chi connectivity index (χ0v) is 27.7. The molecule has 0 spiro atoms. The lowest BCUT2D eigenvalue weighted by molar-refractivity contribution is -0.116. The van der Waals surface area contributed by atoms with E-state index in [4.69, 9.17) is 9.47 Å².